The zero-order chi connectivity index (χ0) is 21.1. The van der Waals surface area contributed by atoms with Crippen LogP contribution in [-0.2, 0) is 11.3 Å². The van der Waals surface area contributed by atoms with Crippen molar-refractivity contribution in [3.63, 3.8) is 0 Å². The highest BCUT2D eigenvalue weighted by molar-refractivity contribution is 6.10. The first-order valence-corrected chi connectivity index (χ1v) is 9.61. The average Bonchev–Trinajstić information content (AvgIpc) is 2.77. The molecular weight excluding hydrogens is 376 g/mol. The van der Waals surface area contributed by atoms with E-state index in [0.29, 0.717) is 22.2 Å². The van der Waals surface area contributed by atoms with Crippen LogP contribution in [0.25, 0.3) is 10.9 Å². The number of para-hydroxylation sites is 1. The van der Waals surface area contributed by atoms with Crippen LogP contribution in [0.3, 0.4) is 0 Å². The molecule has 1 heterocycles. The van der Waals surface area contributed by atoms with Gasteiger partial charge in [-0.1, -0.05) is 60.2 Å². The Morgan fingerprint density at radius 3 is 2.27 bits per heavy atom. The molecule has 0 spiro atoms. The van der Waals surface area contributed by atoms with Gasteiger partial charge >= 0.3 is 0 Å². The highest BCUT2D eigenvalue weighted by Gasteiger charge is 2.18. The summed E-state index contributed by atoms with van der Waals surface area (Å²) in [5.74, 6) is -0.607. The molecule has 1 N–H and O–H groups in total. The first-order valence-electron chi connectivity index (χ1n) is 9.61. The van der Waals surface area contributed by atoms with E-state index in [1.54, 1.807) is 53.1 Å². The molecule has 3 aromatic carbocycles. The summed E-state index contributed by atoms with van der Waals surface area (Å²) in [6, 6.07) is 23.2. The molecule has 0 aliphatic heterocycles. The van der Waals surface area contributed by atoms with Crippen LogP contribution in [0, 0.1) is 6.92 Å². The number of aryl methyl sites for hydroxylation is 1. The highest BCUT2D eigenvalue weighted by Crippen LogP contribution is 2.15. The molecule has 0 saturated carbocycles. The molecule has 0 aliphatic carbocycles. The number of aromatic nitrogens is 1. The van der Waals surface area contributed by atoms with Gasteiger partial charge in [-0.3, -0.25) is 14.4 Å². The standard InChI is InChI=1S/C25H20N2O3/c1-17-11-13-19(14-12-17)26-23(28)16-27-15-21(24(29)18-7-3-2-4-8-18)25(30)20-9-5-6-10-22(20)27/h2-15H,16H2,1H3,(H,26,28). The lowest BCUT2D eigenvalue weighted by atomic mass is 10.0. The number of hydrogen-bond acceptors (Lipinski definition) is 3. The summed E-state index contributed by atoms with van der Waals surface area (Å²) < 4.78 is 1.65. The van der Waals surface area contributed by atoms with Crippen LogP contribution in [0.4, 0.5) is 5.69 Å². The summed E-state index contributed by atoms with van der Waals surface area (Å²) in [6.45, 7) is 1.95. The Hall–Kier alpha value is -3.99. The van der Waals surface area contributed by atoms with Crippen LogP contribution >= 0.6 is 0 Å². The third kappa shape index (κ3) is 3.91. The molecule has 4 aromatic rings. The SMILES string of the molecule is Cc1ccc(NC(=O)Cn2cc(C(=O)c3ccccc3)c(=O)c3ccccc32)cc1. The maximum absolute atomic E-state index is 13.0. The number of hydrogen-bond donors (Lipinski definition) is 1. The molecule has 4 rings (SSSR count). The quantitative estimate of drug-likeness (QED) is 0.515. The van der Waals surface area contributed by atoms with E-state index in [1.165, 1.54) is 6.20 Å². The van der Waals surface area contributed by atoms with Gasteiger partial charge in [-0.15, -0.1) is 0 Å². The van der Waals surface area contributed by atoms with Crippen molar-refractivity contribution >= 4 is 28.3 Å². The Bertz CT molecular complexity index is 1290. The molecule has 0 bridgehead atoms. The number of nitrogens with one attached hydrogen (secondary N) is 1. The highest BCUT2D eigenvalue weighted by atomic mass is 16.2. The first kappa shape index (κ1) is 19.3. The van der Waals surface area contributed by atoms with E-state index in [4.69, 9.17) is 0 Å². The zero-order valence-corrected chi connectivity index (χ0v) is 16.5. The minimum Gasteiger partial charge on any atom is -0.337 e. The molecule has 1 aromatic heterocycles. The largest absolute Gasteiger partial charge is 0.337 e. The van der Waals surface area contributed by atoms with Gasteiger partial charge in [0.1, 0.15) is 6.54 Å². The number of carbonyl (C=O) groups excluding carboxylic acids is 2. The van der Waals surface area contributed by atoms with Crippen LogP contribution in [-0.4, -0.2) is 16.3 Å². The Labute approximate surface area is 173 Å². The Morgan fingerprint density at radius 2 is 1.53 bits per heavy atom. The lowest BCUT2D eigenvalue weighted by molar-refractivity contribution is -0.116. The molecule has 0 unspecified atom stereocenters. The van der Waals surface area contributed by atoms with Crippen molar-refractivity contribution in [2.75, 3.05) is 5.32 Å². The fraction of sp³-hybridized carbons (Fsp3) is 0.0800. The molecule has 1 amide bonds. The number of amides is 1. The number of ketones is 1. The van der Waals surface area contributed by atoms with Crippen molar-refractivity contribution in [3.8, 4) is 0 Å². The summed E-state index contributed by atoms with van der Waals surface area (Å²) in [6.07, 6.45) is 1.48. The van der Waals surface area contributed by atoms with Crippen molar-refractivity contribution in [2.24, 2.45) is 0 Å². The van der Waals surface area contributed by atoms with Crippen LogP contribution in [0.15, 0.2) is 89.9 Å². The lowest BCUT2D eigenvalue weighted by Gasteiger charge is -2.13. The van der Waals surface area contributed by atoms with E-state index in [-0.39, 0.29) is 29.2 Å². The summed E-state index contributed by atoms with van der Waals surface area (Å²) in [5.41, 5.74) is 2.53. The number of pyridine rings is 1. The molecular formula is C25H20N2O3. The molecule has 30 heavy (non-hydrogen) atoms. The Balaban J connectivity index is 1.72. The van der Waals surface area contributed by atoms with E-state index in [0.717, 1.165) is 5.56 Å². The second-order valence-electron chi connectivity index (χ2n) is 7.13. The summed E-state index contributed by atoms with van der Waals surface area (Å²) in [7, 11) is 0. The second kappa shape index (κ2) is 8.17. The van der Waals surface area contributed by atoms with Crippen LogP contribution in [0.2, 0.25) is 0 Å². The van der Waals surface area contributed by atoms with E-state index in [1.807, 2.05) is 37.3 Å². The van der Waals surface area contributed by atoms with Crippen LogP contribution in [0.1, 0.15) is 21.5 Å². The van der Waals surface area contributed by atoms with Crippen molar-refractivity contribution < 1.29 is 9.59 Å². The van der Waals surface area contributed by atoms with E-state index in [9.17, 15) is 14.4 Å². The first-order chi connectivity index (χ1) is 14.5. The minimum atomic E-state index is -0.362. The van der Waals surface area contributed by atoms with Gasteiger partial charge in [0.25, 0.3) is 0 Å². The van der Waals surface area contributed by atoms with Crippen LogP contribution in [0.5, 0.6) is 0 Å². The molecule has 148 valence electrons. The molecule has 0 aliphatic rings. The lowest BCUT2D eigenvalue weighted by Crippen LogP contribution is -2.24. The summed E-state index contributed by atoms with van der Waals surface area (Å²) in [4.78, 5) is 38.6. The molecule has 0 saturated heterocycles. The van der Waals surface area contributed by atoms with Crippen molar-refractivity contribution in [1.82, 2.24) is 4.57 Å². The average molecular weight is 396 g/mol. The number of benzene rings is 3. The van der Waals surface area contributed by atoms with E-state index >= 15 is 0 Å². The maximum Gasteiger partial charge on any atom is 0.244 e. The molecule has 0 atom stereocenters. The van der Waals surface area contributed by atoms with Gasteiger partial charge in [-0.05, 0) is 31.2 Å². The third-order valence-corrected chi connectivity index (χ3v) is 4.92. The van der Waals surface area contributed by atoms with Gasteiger partial charge in [0.2, 0.25) is 11.3 Å². The number of fused-ring (bicyclic) bond motifs is 1. The number of rotatable bonds is 5. The molecule has 5 nitrogen and oxygen atoms in total. The van der Waals surface area contributed by atoms with Gasteiger partial charge in [-0.2, -0.15) is 0 Å². The molecule has 5 heteroatoms. The fourth-order valence-electron chi connectivity index (χ4n) is 3.37. The predicted octanol–water partition coefficient (Wildman–Crippen LogP) is 4.18. The van der Waals surface area contributed by atoms with Gasteiger partial charge in [-0.25, -0.2) is 0 Å². The normalized spacial score (nSPS) is 10.7. The number of carbonyl (C=O) groups is 2. The minimum absolute atomic E-state index is 0.0241. The summed E-state index contributed by atoms with van der Waals surface area (Å²) >= 11 is 0. The monoisotopic (exact) mass is 396 g/mol. The summed E-state index contributed by atoms with van der Waals surface area (Å²) in [5, 5.41) is 3.26. The smallest absolute Gasteiger partial charge is 0.244 e. The second-order valence-corrected chi connectivity index (χ2v) is 7.13. The van der Waals surface area contributed by atoms with Gasteiger partial charge < -0.3 is 9.88 Å². The third-order valence-electron chi connectivity index (χ3n) is 4.92. The van der Waals surface area contributed by atoms with E-state index < -0.39 is 0 Å². The van der Waals surface area contributed by atoms with Crippen molar-refractivity contribution in [2.45, 2.75) is 13.5 Å². The van der Waals surface area contributed by atoms with Crippen LogP contribution < -0.4 is 10.7 Å². The van der Waals surface area contributed by atoms with Gasteiger partial charge in [0.05, 0.1) is 11.1 Å². The van der Waals surface area contributed by atoms with E-state index in [2.05, 4.69) is 5.32 Å². The molecule has 0 fully saturated rings. The predicted molar refractivity (Wildman–Crippen MR) is 118 cm³/mol. The number of nitrogens with zero attached hydrogens (tertiary/aromatic N) is 1. The van der Waals surface area contributed by atoms with Crippen molar-refractivity contribution in [1.29, 1.82) is 0 Å². The topological polar surface area (TPSA) is 68.2 Å². The Morgan fingerprint density at radius 1 is 0.867 bits per heavy atom. The van der Waals surface area contributed by atoms with Crippen molar-refractivity contribution in [3.05, 3.63) is 112 Å². The zero-order valence-electron chi connectivity index (χ0n) is 16.5. The van der Waals surface area contributed by atoms with Gasteiger partial charge in [0.15, 0.2) is 5.78 Å². The molecule has 0 radical (unpaired) electrons. The maximum atomic E-state index is 13.0. The fourth-order valence-corrected chi connectivity index (χ4v) is 3.37. The number of anilines is 1. The Kier molecular flexibility index (Phi) is 5.26. The van der Waals surface area contributed by atoms with Gasteiger partial charge in [0, 0.05) is 22.8 Å².